The maximum atomic E-state index is 12.7. The number of anilines is 2. The molecule has 3 nitrogen and oxygen atoms in total. The maximum Gasteiger partial charge on any atom is 0.433 e. The summed E-state index contributed by atoms with van der Waals surface area (Å²) >= 11 is 3.19. The van der Waals surface area contributed by atoms with Gasteiger partial charge in [0, 0.05) is 6.20 Å². The average Bonchev–Trinajstić information content (AvgIpc) is 2.40. The smallest absolute Gasteiger partial charge is 0.338 e. The molecule has 2 rings (SSSR count). The van der Waals surface area contributed by atoms with Gasteiger partial charge in [-0.15, -0.1) is 0 Å². The monoisotopic (exact) mass is 345 g/mol. The van der Waals surface area contributed by atoms with Gasteiger partial charge in [0.1, 0.15) is 11.5 Å². The van der Waals surface area contributed by atoms with Crippen LogP contribution in [0.4, 0.5) is 24.7 Å². The second kappa shape index (κ2) is 5.78. The Kier molecular flexibility index (Phi) is 4.27. The number of pyridine rings is 2. The first-order chi connectivity index (χ1) is 9.41. The molecule has 2 aromatic rings. The number of rotatable bonds is 3. The Morgan fingerprint density at radius 1 is 1.25 bits per heavy atom. The third-order valence-corrected chi connectivity index (χ3v) is 3.25. The van der Waals surface area contributed by atoms with E-state index in [1.165, 1.54) is 6.07 Å². The van der Waals surface area contributed by atoms with Crippen molar-refractivity contribution in [2.75, 3.05) is 5.32 Å². The largest absolute Gasteiger partial charge is 0.433 e. The molecule has 0 aliphatic rings. The van der Waals surface area contributed by atoms with Gasteiger partial charge in [0.25, 0.3) is 0 Å². The third-order valence-electron chi connectivity index (χ3n) is 2.61. The number of halogens is 4. The maximum absolute atomic E-state index is 12.7. The van der Waals surface area contributed by atoms with Crippen LogP contribution >= 0.6 is 15.9 Å². The van der Waals surface area contributed by atoms with E-state index in [0.717, 1.165) is 11.8 Å². The second-order valence-electron chi connectivity index (χ2n) is 4.00. The zero-order valence-electron chi connectivity index (χ0n) is 10.5. The molecule has 2 heterocycles. The van der Waals surface area contributed by atoms with E-state index in [1.807, 2.05) is 6.92 Å². The van der Waals surface area contributed by atoms with Crippen LogP contribution in [0.5, 0.6) is 0 Å². The van der Waals surface area contributed by atoms with Crippen molar-refractivity contribution in [2.24, 2.45) is 0 Å². The zero-order chi connectivity index (χ0) is 14.8. The predicted octanol–water partition coefficient (Wildman–Crippen LogP) is 4.56. The van der Waals surface area contributed by atoms with Crippen LogP contribution in [0.3, 0.4) is 0 Å². The Morgan fingerprint density at radius 3 is 2.65 bits per heavy atom. The molecule has 0 fully saturated rings. The summed E-state index contributed by atoms with van der Waals surface area (Å²) in [5.74, 6) is 0.113. The Balaban J connectivity index is 2.38. The van der Waals surface area contributed by atoms with E-state index in [2.05, 4.69) is 31.2 Å². The first kappa shape index (κ1) is 14.8. The van der Waals surface area contributed by atoms with Crippen molar-refractivity contribution in [3.63, 3.8) is 0 Å². The van der Waals surface area contributed by atoms with Crippen LogP contribution in [0, 0.1) is 0 Å². The van der Waals surface area contributed by atoms with Gasteiger partial charge in [-0.25, -0.2) is 4.98 Å². The van der Waals surface area contributed by atoms with Crippen molar-refractivity contribution in [1.82, 2.24) is 9.97 Å². The van der Waals surface area contributed by atoms with Crippen LogP contribution in [0.25, 0.3) is 0 Å². The second-order valence-corrected chi connectivity index (χ2v) is 4.86. The summed E-state index contributed by atoms with van der Waals surface area (Å²) in [5.41, 5.74) is 0.464. The zero-order valence-corrected chi connectivity index (χ0v) is 12.1. The lowest BCUT2D eigenvalue weighted by molar-refractivity contribution is -0.141. The third kappa shape index (κ3) is 3.27. The Labute approximate surface area is 122 Å². The standard InChI is InChI=1S/C13H11BrF3N3/c1-2-9-10(4-3-7-18-9)19-12-8(14)5-6-11(20-12)13(15,16)17/h3-7H,2H2,1H3,(H,19,20). The Bertz CT molecular complexity index is 614. The number of aryl methyl sites for hydroxylation is 1. The van der Waals surface area contributed by atoms with Gasteiger partial charge in [0.05, 0.1) is 15.9 Å². The molecule has 0 spiro atoms. The fourth-order valence-electron chi connectivity index (χ4n) is 1.65. The Morgan fingerprint density at radius 2 is 2.00 bits per heavy atom. The molecule has 1 N–H and O–H groups in total. The van der Waals surface area contributed by atoms with Gasteiger partial charge in [-0.05, 0) is 46.6 Å². The molecule has 7 heteroatoms. The molecule has 0 aromatic carbocycles. The molecule has 0 saturated heterocycles. The molecule has 106 valence electrons. The lowest BCUT2D eigenvalue weighted by Gasteiger charge is -2.13. The fourth-order valence-corrected chi connectivity index (χ4v) is 1.97. The number of nitrogens with one attached hydrogen (secondary N) is 1. The topological polar surface area (TPSA) is 37.8 Å². The highest BCUT2D eigenvalue weighted by Crippen LogP contribution is 2.32. The van der Waals surface area contributed by atoms with Crippen LogP contribution in [0.15, 0.2) is 34.9 Å². The highest BCUT2D eigenvalue weighted by Gasteiger charge is 2.33. The van der Waals surface area contributed by atoms with Crippen LogP contribution in [-0.4, -0.2) is 9.97 Å². The van der Waals surface area contributed by atoms with E-state index >= 15 is 0 Å². The normalized spacial score (nSPS) is 11.4. The van der Waals surface area contributed by atoms with Gasteiger partial charge in [-0.3, -0.25) is 4.98 Å². The minimum absolute atomic E-state index is 0.113. The van der Waals surface area contributed by atoms with Crippen molar-refractivity contribution in [3.05, 3.63) is 46.3 Å². The summed E-state index contributed by atoms with van der Waals surface area (Å²) in [4.78, 5) is 7.77. The summed E-state index contributed by atoms with van der Waals surface area (Å²) in [6, 6.07) is 5.71. The summed E-state index contributed by atoms with van der Waals surface area (Å²) in [6.07, 6.45) is -2.17. The number of nitrogens with zero attached hydrogens (tertiary/aromatic N) is 2. The molecule has 2 aromatic heterocycles. The van der Waals surface area contributed by atoms with Crippen molar-refractivity contribution in [2.45, 2.75) is 19.5 Å². The SMILES string of the molecule is CCc1ncccc1Nc1nc(C(F)(F)F)ccc1Br. The molecule has 20 heavy (non-hydrogen) atoms. The highest BCUT2D eigenvalue weighted by atomic mass is 79.9. The van der Waals surface area contributed by atoms with Gasteiger partial charge < -0.3 is 5.32 Å². The first-order valence-electron chi connectivity index (χ1n) is 5.86. The van der Waals surface area contributed by atoms with Crippen LogP contribution in [-0.2, 0) is 12.6 Å². The highest BCUT2D eigenvalue weighted by molar-refractivity contribution is 9.10. The minimum atomic E-state index is -4.47. The van der Waals surface area contributed by atoms with Gasteiger partial charge >= 0.3 is 6.18 Å². The lowest BCUT2D eigenvalue weighted by atomic mass is 10.2. The average molecular weight is 346 g/mol. The van der Waals surface area contributed by atoms with Crippen molar-refractivity contribution < 1.29 is 13.2 Å². The van der Waals surface area contributed by atoms with Crippen molar-refractivity contribution >= 4 is 27.4 Å². The number of alkyl halides is 3. The molecule has 0 aliphatic heterocycles. The number of aromatic nitrogens is 2. The summed E-state index contributed by atoms with van der Waals surface area (Å²) < 4.78 is 38.5. The Hall–Kier alpha value is -1.63. The van der Waals surface area contributed by atoms with Gasteiger partial charge in [-0.2, -0.15) is 13.2 Å². The van der Waals surface area contributed by atoms with E-state index in [-0.39, 0.29) is 5.82 Å². The molecular formula is C13H11BrF3N3. The van der Waals surface area contributed by atoms with E-state index in [1.54, 1.807) is 18.3 Å². The molecular weight excluding hydrogens is 335 g/mol. The molecule has 0 atom stereocenters. The summed E-state index contributed by atoms with van der Waals surface area (Å²) in [7, 11) is 0. The number of hydrogen-bond acceptors (Lipinski definition) is 3. The lowest BCUT2D eigenvalue weighted by Crippen LogP contribution is -2.10. The molecule has 0 aliphatic carbocycles. The molecule has 0 bridgehead atoms. The van der Waals surface area contributed by atoms with Crippen LogP contribution < -0.4 is 5.32 Å². The van der Waals surface area contributed by atoms with Crippen LogP contribution in [0.1, 0.15) is 18.3 Å². The van der Waals surface area contributed by atoms with E-state index < -0.39 is 11.9 Å². The van der Waals surface area contributed by atoms with E-state index in [4.69, 9.17) is 0 Å². The van der Waals surface area contributed by atoms with Gasteiger partial charge in [0.15, 0.2) is 0 Å². The van der Waals surface area contributed by atoms with Crippen LogP contribution in [0.2, 0.25) is 0 Å². The molecule has 0 amide bonds. The van der Waals surface area contributed by atoms with Gasteiger partial charge in [0.2, 0.25) is 0 Å². The van der Waals surface area contributed by atoms with Gasteiger partial charge in [-0.1, -0.05) is 6.92 Å². The molecule has 0 saturated carbocycles. The quantitative estimate of drug-likeness (QED) is 0.885. The molecule has 0 unspecified atom stereocenters. The van der Waals surface area contributed by atoms with Crippen molar-refractivity contribution in [3.8, 4) is 0 Å². The number of hydrogen-bond donors (Lipinski definition) is 1. The molecule has 0 radical (unpaired) electrons. The van der Waals surface area contributed by atoms with Crippen molar-refractivity contribution in [1.29, 1.82) is 0 Å². The predicted molar refractivity (Wildman–Crippen MR) is 73.8 cm³/mol. The van der Waals surface area contributed by atoms with E-state index in [9.17, 15) is 13.2 Å². The first-order valence-corrected chi connectivity index (χ1v) is 6.65. The van der Waals surface area contributed by atoms with E-state index in [0.29, 0.717) is 16.6 Å². The fraction of sp³-hybridized carbons (Fsp3) is 0.231. The summed E-state index contributed by atoms with van der Waals surface area (Å²) in [6.45, 7) is 1.92. The summed E-state index contributed by atoms with van der Waals surface area (Å²) in [5, 5.41) is 2.88. The minimum Gasteiger partial charge on any atom is -0.338 e.